The fourth-order valence-electron chi connectivity index (χ4n) is 13.4. The molecule has 0 unspecified atom stereocenters. The zero-order valence-corrected chi connectivity index (χ0v) is 46.0. The van der Waals surface area contributed by atoms with Crippen molar-refractivity contribution in [2.45, 2.75) is 156 Å². The first kappa shape index (κ1) is 46.8. The van der Waals surface area contributed by atoms with Crippen LogP contribution in [0.4, 0.5) is 34.1 Å². The van der Waals surface area contributed by atoms with Gasteiger partial charge in [0.05, 0.1) is 11.4 Å². The molecule has 2 aliphatic carbocycles. The minimum Gasteiger partial charge on any atom is -0.311 e. The molecule has 0 fully saturated rings. The van der Waals surface area contributed by atoms with E-state index in [0.29, 0.717) is 0 Å². The fourth-order valence-corrected chi connectivity index (χ4v) is 13.4. The van der Waals surface area contributed by atoms with Crippen LogP contribution in [0.25, 0.3) is 27.8 Å². The molecule has 3 heterocycles. The molecule has 0 amide bonds. The number of hydrogen-bond donors (Lipinski definition) is 0. The highest BCUT2D eigenvalue weighted by atomic mass is 15.2. The summed E-state index contributed by atoms with van der Waals surface area (Å²) in [5, 5.41) is 1.38. The summed E-state index contributed by atoms with van der Waals surface area (Å²) in [7, 11) is 0. The molecule has 72 heavy (non-hydrogen) atoms. The summed E-state index contributed by atoms with van der Waals surface area (Å²) in [6, 6.07) is 52.9. The first-order chi connectivity index (χ1) is 33.8. The molecule has 4 aliphatic rings. The largest absolute Gasteiger partial charge is 0.311 e. The van der Waals surface area contributed by atoms with Gasteiger partial charge in [0.25, 0.3) is 6.71 Å². The van der Waals surface area contributed by atoms with Crippen molar-refractivity contribution in [1.82, 2.24) is 4.57 Å². The van der Waals surface area contributed by atoms with Crippen LogP contribution in [0.15, 0.2) is 133 Å². The van der Waals surface area contributed by atoms with E-state index >= 15 is 0 Å². The monoisotopic (exact) mass is 944 g/mol. The summed E-state index contributed by atoms with van der Waals surface area (Å²) < 4.78 is 2.74. The molecular formula is C68H74BN3. The molecule has 0 atom stereocenters. The Kier molecular flexibility index (Phi) is 9.85. The summed E-state index contributed by atoms with van der Waals surface area (Å²) in [5.74, 6) is 0. The normalized spacial score (nSPS) is 16.8. The van der Waals surface area contributed by atoms with E-state index in [9.17, 15) is 0 Å². The number of hydrogen-bond acceptors (Lipinski definition) is 2. The van der Waals surface area contributed by atoms with E-state index in [1.165, 1.54) is 112 Å². The predicted molar refractivity (Wildman–Crippen MR) is 311 cm³/mol. The summed E-state index contributed by atoms with van der Waals surface area (Å²) in [4.78, 5) is 5.22. The van der Waals surface area contributed by atoms with E-state index in [1.54, 1.807) is 0 Å². The lowest BCUT2D eigenvalue weighted by molar-refractivity contribution is 0.332. The quantitative estimate of drug-likeness (QED) is 0.163. The lowest BCUT2D eigenvalue weighted by Crippen LogP contribution is -2.60. The van der Waals surface area contributed by atoms with Gasteiger partial charge in [0.1, 0.15) is 0 Å². The van der Waals surface area contributed by atoms with E-state index in [-0.39, 0.29) is 39.2 Å². The molecule has 0 saturated carbocycles. The third-order valence-corrected chi connectivity index (χ3v) is 17.8. The van der Waals surface area contributed by atoms with Gasteiger partial charge in [-0.2, -0.15) is 0 Å². The summed E-state index contributed by atoms with van der Waals surface area (Å²) in [6.45, 7) is 38.2. The van der Waals surface area contributed by atoms with E-state index in [1.807, 2.05) is 0 Å². The van der Waals surface area contributed by atoms with Crippen molar-refractivity contribution in [1.29, 1.82) is 0 Å². The lowest BCUT2D eigenvalue weighted by Gasteiger charge is -2.45. The minimum absolute atomic E-state index is 0.0149. The number of aryl methyl sites for hydroxylation is 1. The SMILES string of the molecule is Cc1cc2c(cc1N1c3ccccc3B3c4c1cc(N(c1ccc(C(C)(C)C)cc1)c1ccc(C(C)(C)C)cc1)cc4-n1c4c(c5cc(C(C)(C)C)cc3c51)C(C)(C)c1ccccc1-4)C(C)(C)CCC2(C)C. The van der Waals surface area contributed by atoms with Crippen LogP contribution in [-0.4, -0.2) is 11.3 Å². The van der Waals surface area contributed by atoms with E-state index < -0.39 is 0 Å². The van der Waals surface area contributed by atoms with E-state index in [0.717, 1.165) is 23.5 Å². The van der Waals surface area contributed by atoms with Crippen LogP contribution in [0.1, 0.15) is 161 Å². The Morgan fingerprint density at radius 1 is 0.486 bits per heavy atom. The fraction of sp³-hybridized carbons (Fsp3) is 0.353. The third-order valence-electron chi connectivity index (χ3n) is 17.8. The Morgan fingerprint density at radius 3 is 1.62 bits per heavy atom. The summed E-state index contributed by atoms with van der Waals surface area (Å²) in [6.07, 6.45) is 2.35. The molecule has 8 aromatic rings. The van der Waals surface area contributed by atoms with Gasteiger partial charge in [-0.3, -0.25) is 0 Å². The molecule has 0 saturated heterocycles. The third kappa shape index (κ3) is 6.76. The maximum Gasteiger partial charge on any atom is 0.252 e. The number of para-hydroxylation sites is 1. The molecular weight excluding hydrogens is 870 g/mol. The van der Waals surface area contributed by atoms with Crippen LogP contribution in [0.2, 0.25) is 0 Å². The maximum atomic E-state index is 2.74. The molecule has 0 spiro atoms. The topological polar surface area (TPSA) is 11.4 Å². The van der Waals surface area contributed by atoms with Gasteiger partial charge in [-0.15, -0.1) is 0 Å². The van der Waals surface area contributed by atoms with Crippen molar-refractivity contribution in [3.05, 3.63) is 178 Å². The second-order valence-electron chi connectivity index (χ2n) is 27.0. The second kappa shape index (κ2) is 15.2. The Bertz CT molecular complexity index is 3500. The highest BCUT2D eigenvalue weighted by Gasteiger charge is 2.48. The Morgan fingerprint density at radius 2 is 1.03 bits per heavy atom. The zero-order chi connectivity index (χ0) is 51.0. The van der Waals surface area contributed by atoms with Gasteiger partial charge in [0.15, 0.2) is 0 Å². The summed E-state index contributed by atoms with van der Waals surface area (Å²) >= 11 is 0. The van der Waals surface area contributed by atoms with Crippen LogP contribution >= 0.6 is 0 Å². The van der Waals surface area contributed by atoms with Gasteiger partial charge >= 0.3 is 0 Å². The Balaban J connectivity index is 1.25. The van der Waals surface area contributed by atoms with Gasteiger partial charge in [-0.25, -0.2) is 0 Å². The van der Waals surface area contributed by atoms with Crippen molar-refractivity contribution in [2.75, 3.05) is 9.80 Å². The molecule has 7 aromatic carbocycles. The van der Waals surface area contributed by atoms with Gasteiger partial charge in [-0.1, -0.05) is 183 Å². The molecule has 1 aromatic heterocycles. The minimum atomic E-state index is -0.204. The van der Waals surface area contributed by atoms with Crippen LogP contribution in [-0.2, 0) is 32.5 Å². The van der Waals surface area contributed by atoms with Crippen molar-refractivity contribution in [2.24, 2.45) is 0 Å². The smallest absolute Gasteiger partial charge is 0.252 e. The first-order valence-corrected chi connectivity index (χ1v) is 26.8. The van der Waals surface area contributed by atoms with Gasteiger partial charge in [0, 0.05) is 56.0 Å². The summed E-state index contributed by atoms with van der Waals surface area (Å²) in [5.41, 5.74) is 27.8. The van der Waals surface area contributed by atoms with E-state index in [4.69, 9.17) is 0 Å². The highest BCUT2D eigenvalue weighted by Crippen LogP contribution is 2.56. The maximum absolute atomic E-state index is 2.74. The Labute approximate surface area is 431 Å². The van der Waals surface area contributed by atoms with Crippen LogP contribution in [0, 0.1) is 6.92 Å². The van der Waals surface area contributed by atoms with Crippen LogP contribution in [0.3, 0.4) is 0 Å². The van der Waals surface area contributed by atoms with Gasteiger partial charge in [-0.05, 0) is 162 Å². The van der Waals surface area contributed by atoms with Gasteiger partial charge < -0.3 is 14.4 Å². The number of benzene rings is 7. The highest BCUT2D eigenvalue weighted by molar-refractivity contribution is 7.00. The standard InChI is InChI=1S/C68H74BN3/c1-41-35-51-52(67(13,14)34-33-66(51,11)12)40-56(41)71-55-24-20-19-23-53(55)69-54-37-44(65(8,9)10)36-49-59-62(48-21-17-18-22-50(48)68(59,15)16)72(61(49)54)58-39-47(38-57(71)60(58)69)70(45-29-25-42(26-30-45)63(2,3)4)46-31-27-43(28-32-46)64(5,6)7/h17-32,35-40H,33-34H2,1-16H3. The molecule has 0 N–H and O–H groups in total. The Hall–Kier alpha value is -6.26. The second-order valence-corrected chi connectivity index (χ2v) is 27.0. The lowest BCUT2D eigenvalue weighted by atomic mass is 9.33. The van der Waals surface area contributed by atoms with Crippen LogP contribution in [0.5, 0.6) is 0 Å². The first-order valence-electron chi connectivity index (χ1n) is 26.8. The molecule has 0 radical (unpaired) electrons. The number of rotatable bonds is 4. The molecule has 4 heteroatoms. The van der Waals surface area contributed by atoms with Crippen molar-refractivity contribution < 1.29 is 0 Å². The number of nitrogens with zero attached hydrogens (tertiary/aromatic N) is 3. The average Bonchev–Trinajstić information content (AvgIpc) is 3.79. The van der Waals surface area contributed by atoms with Crippen molar-refractivity contribution in [3.8, 4) is 16.9 Å². The van der Waals surface area contributed by atoms with Crippen LogP contribution < -0.4 is 26.2 Å². The molecule has 0 bridgehead atoms. The predicted octanol–water partition coefficient (Wildman–Crippen LogP) is 16.6. The molecule has 12 rings (SSSR count). The zero-order valence-electron chi connectivity index (χ0n) is 46.0. The van der Waals surface area contributed by atoms with Crippen molar-refractivity contribution in [3.63, 3.8) is 0 Å². The number of anilines is 6. The van der Waals surface area contributed by atoms with E-state index in [2.05, 4.69) is 259 Å². The average molecular weight is 944 g/mol. The number of fused-ring (bicyclic) bond motifs is 10. The van der Waals surface area contributed by atoms with Crippen molar-refractivity contribution >= 4 is 68.1 Å². The van der Waals surface area contributed by atoms with Gasteiger partial charge in [0.2, 0.25) is 0 Å². The molecule has 364 valence electrons. The molecule has 2 aliphatic heterocycles. The number of aromatic nitrogens is 1. The molecule has 3 nitrogen and oxygen atoms in total.